The van der Waals surface area contributed by atoms with Crippen LogP contribution >= 0.6 is 36.2 Å². The maximum Gasteiger partial charge on any atom is 0.248 e. The molecule has 0 atom stereocenters. The summed E-state index contributed by atoms with van der Waals surface area (Å²) in [5.41, 5.74) is 2.22. The van der Waals surface area contributed by atoms with E-state index in [2.05, 4.69) is 20.7 Å². The van der Waals surface area contributed by atoms with Gasteiger partial charge in [-0.05, 0) is 38.9 Å². The maximum atomic E-state index is 12.8. The predicted octanol–water partition coefficient (Wildman–Crippen LogP) is 1.89. The van der Waals surface area contributed by atoms with Crippen molar-refractivity contribution in [2.24, 2.45) is 0 Å². The average Bonchev–Trinajstić information content (AvgIpc) is 3.17. The summed E-state index contributed by atoms with van der Waals surface area (Å²) in [6.45, 7) is 4.15. The average molecular weight is 378 g/mol. The number of aryl methyl sites for hydroxylation is 1. The van der Waals surface area contributed by atoms with Crippen LogP contribution in [0.25, 0.3) is 0 Å². The lowest BCUT2D eigenvalue weighted by molar-refractivity contribution is -0.132. The molecule has 0 aliphatic carbocycles. The summed E-state index contributed by atoms with van der Waals surface area (Å²) in [4.78, 5) is 18.1. The van der Waals surface area contributed by atoms with E-state index in [0.29, 0.717) is 6.54 Å². The normalized spacial score (nSPS) is 16.0. The first kappa shape index (κ1) is 19.9. The largest absolute Gasteiger partial charge is 0.349 e. The fraction of sp³-hybridized carbons (Fsp3) is 0.500. The molecule has 0 unspecified atom stereocenters. The SMILES string of the molecule is Cc1ncsc1CNC(=O)C1(n2cccn2)CCNCC1.Cl.Cl. The van der Waals surface area contributed by atoms with E-state index in [1.165, 1.54) is 0 Å². The highest BCUT2D eigenvalue weighted by molar-refractivity contribution is 7.09. The lowest BCUT2D eigenvalue weighted by Gasteiger charge is -2.36. The second-order valence-corrected chi connectivity index (χ2v) is 6.22. The number of carbonyl (C=O) groups is 1. The Morgan fingerprint density at radius 3 is 2.74 bits per heavy atom. The van der Waals surface area contributed by atoms with Crippen LogP contribution in [0.4, 0.5) is 0 Å². The van der Waals surface area contributed by atoms with Crippen LogP contribution < -0.4 is 10.6 Å². The maximum absolute atomic E-state index is 12.8. The van der Waals surface area contributed by atoms with E-state index in [4.69, 9.17) is 0 Å². The van der Waals surface area contributed by atoms with E-state index in [0.717, 1.165) is 36.5 Å². The molecule has 0 aromatic carbocycles. The Hall–Kier alpha value is -1.15. The van der Waals surface area contributed by atoms with Crippen LogP contribution in [0.2, 0.25) is 0 Å². The molecule has 1 saturated heterocycles. The second kappa shape index (κ2) is 8.63. The Labute approximate surface area is 151 Å². The number of hydrogen-bond donors (Lipinski definition) is 2. The number of thiazole rings is 1. The van der Waals surface area contributed by atoms with Crippen LogP contribution in [-0.2, 0) is 16.9 Å². The third-order valence-corrected chi connectivity index (χ3v) is 4.99. The van der Waals surface area contributed by atoms with Crippen molar-refractivity contribution < 1.29 is 4.79 Å². The number of aromatic nitrogens is 3. The van der Waals surface area contributed by atoms with E-state index in [1.54, 1.807) is 17.5 Å². The van der Waals surface area contributed by atoms with E-state index in [1.807, 2.05) is 29.4 Å². The van der Waals surface area contributed by atoms with E-state index in [-0.39, 0.29) is 30.7 Å². The molecule has 1 fully saturated rings. The molecule has 6 nitrogen and oxygen atoms in total. The van der Waals surface area contributed by atoms with E-state index < -0.39 is 5.54 Å². The second-order valence-electron chi connectivity index (χ2n) is 5.28. The van der Waals surface area contributed by atoms with Crippen molar-refractivity contribution in [3.8, 4) is 0 Å². The zero-order valence-electron chi connectivity index (χ0n) is 12.8. The van der Waals surface area contributed by atoms with Gasteiger partial charge >= 0.3 is 0 Å². The van der Waals surface area contributed by atoms with Crippen LogP contribution in [0, 0.1) is 6.92 Å². The first-order chi connectivity index (χ1) is 10.2. The van der Waals surface area contributed by atoms with E-state index >= 15 is 0 Å². The fourth-order valence-electron chi connectivity index (χ4n) is 2.74. The summed E-state index contributed by atoms with van der Waals surface area (Å²) >= 11 is 1.57. The molecule has 0 radical (unpaired) electrons. The fourth-order valence-corrected chi connectivity index (χ4v) is 3.46. The van der Waals surface area contributed by atoms with Crippen molar-refractivity contribution in [2.45, 2.75) is 31.8 Å². The van der Waals surface area contributed by atoms with Crippen LogP contribution in [0.1, 0.15) is 23.4 Å². The van der Waals surface area contributed by atoms with Gasteiger partial charge in [0.15, 0.2) is 0 Å². The first-order valence-electron chi connectivity index (χ1n) is 7.10. The smallest absolute Gasteiger partial charge is 0.248 e. The molecule has 0 spiro atoms. The zero-order chi connectivity index (χ0) is 14.7. The number of halogens is 2. The van der Waals surface area contributed by atoms with Crippen LogP contribution in [0.5, 0.6) is 0 Å². The summed E-state index contributed by atoms with van der Waals surface area (Å²) in [5.74, 6) is 0.0421. The van der Waals surface area contributed by atoms with Gasteiger partial charge in [0, 0.05) is 17.3 Å². The minimum Gasteiger partial charge on any atom is -0.349 e. The Morgan fingerprint density at radius 1 is 1.43 bits per heavy atom. The monoisotopic (exact) mass is 377 g/mol. The molecule has 23 heavy (non-hydrogen) atoms. The van der Waals surface area contributed by atoms with Gasteiger partial charge in [-0.1, -0.05) is 0 Å². The molecule has 9 heteroatoms. The Kier molecular flexibility index (Phi) is 7.47. The molecule has 0 bridgehead atoms. The minimum atomic E-state index is -0.576. The van der Waals surface area contributed by atoms with Crippen LogP contribution in [0.3, 0.4) is 0 Å². The number of piperidine rings is 1. The van der Waals surface area contributed by atoms with Crippen LogP contribution in [-0.4, -0.2) is 33.8 Å². The van der Waals surface area contributed by atoms with Gasteiger partial charge in [-0.25, -0.2) is 4.98 Å². The molecule has 3 rings (SSSR count). The summed E-state index contributed by atoms with van der Waals surface area (Å²) in [6.07, 6.45) is 5.11. The molecule has 0 saturated carbocycles. The molecule has 2 aromatic rings. The molecule has 2 N–H and O–H groups in total. The molecular weight excluding hydrogens is 357 g/mol. The van der Waals surface area contributed by atoms with Crippen molar-refractivity contribution >= 4 is 42.1 Å². The Bertz CT molecular complexity index is 610. The summed E-state index contributed by atoms with van der Waals surface area (Å²) in [5, 5.41) is 10.7. The number of nitrogens with one attached hydrogen (secondary N) is 2. The third-order valence-electron chi connectivity index (χ3n) is 4.05. The standard InChI is InChI=1S/C14H19N5OS.2ClH/c1-11-12(21-10-17-11)9-16-13(20)14(3-6-15-7-4-14)19-8-2-5-18-19;;/h2,5,8,10,15H,3-4,6-7,9H2,1H3,(H,16,20);2*1H. The number of rotatable bonds is 4. The van der Waals surface area contributed by atoms with Crippen molar-refractivity contribution in [3.63, 3.8) is 0 Å². The lowest BCUT2D eigenvalue weighted by Crippen LogP contribution is -2.54. The summed E-state index contributed by atoms with van der Waals surface area (Å²) in [6, 6.07) is 1.87. The molecular formula is C14H21Cl2N5OS. The molecule has 1 aliphatic heterocycles. The number of amides is 1. The van der Waals surface area contributed by atoms with Crippen molar-refractivity contribution in [3.05, 3.63) is 34.5 Å². The highest BCUT2D eigenvalue weighted by Crippen LogP contribution is 2.27. The van der Waals surface area contributed by atoms with Gasteiger partial charge in [0.05, 0.1) is 17.7 Å². The summed E-state index contributed by atoms with van der Waals surface area (Å²) in [7, 11) is 0. The van der Waals surface area contributed by atoms with Gasteiger partial charge in [-0.15, -0.1) is 36.2 Å². The lowest BCUT2D eigenvalue weighted by atomic mass is 9.87. The minimum absolute atomic E-state index is 0. The van der Waals surface area contributed by atoms with Gasteiger partial charge in [0.2, 0.25) is 5.91 Å². The van der Waals surface area contributed by atoms with Crippen molar-refractivity contribution in [1.82, 2.24) is 25.4 Å². The van der Waals surface area contributed by atoms with Gasteiger partial charge in [-0.3, -0.25) is 9.48 Å². The van der Waals surface area contributed by atoms with Gasteiger partial charge in [-0.2, -0.15) is 5.10 Å². The number of carbonyl (C=O) groups excluding carboxylic acids is 1. The van der Waals surface area contributed by atoms with E-state index in [9.17, 15) is 4.79 Å². The third kappa shape index (κ3) is 4.03. The zero-order valence-corrected chi connectivity index (χ0v) is 15.3. The van der Waals surface area contributed by atoms with Crippen molar-refractivity contribution in [2.75, 3.05) is 13.1 Å². The van der Waals surface area contributed by atoms with Gasteiger partial charge in [0.25, 0.3) is 0 Å². The number of hydrogen-bond acceptors (Lipinski definition) is 5. The topological polar surface area (TPSA) is 71.8 Å². The Balaban J connectivity index is 0.00000132. The Morgan fingerprint density at radius 2 is 2.17 bits per heavy atom. The summed E-state index contributed by atoms with van der Waals surface area (Å²) < 4.78 is 1.81. The first-order valence-corrected chi connectivity index (χ1v) is 7.98. The molecule has 1 aliphatic rings. The highest BCUT2D eigenvalue weighted by Gasteiger charge is 2.41. The van der Waals surface area contributed by atoms with Gasteiger partial charge < -0.3 is 10.6 Å². The predicted molar refractivity (Wildman–Crippen MR) is 95.5 cm³/mol. The molecule has 128 valence electrons. The van der Waals surface area contributed by atoms with Crippen molar-refractivity contribution in [1.29, 1.82) is 0 Å². The van der Waals surface area contributed by atoms with Gasteiger partial charge in [0.1, 0.15) is 5.54 Å². The van der Waals surface area contributed by atoms with Crippen LogP contribution in [0.15, 0.2) is 24.0 Å². The quantitative estimate of drug-likeness (QED) is 0.852. The molecule has 2 aromatic heterocycles. The molecule has 3 heterocycles. The molecule has 1 amide bonds. The highest BCUT2D eigenvalue weighted by atomic mass is 35.5. The number of nitrogens with zero attached hydrogens (tertiary/aromatic N) is 3.